The van der Waals surface area contributed by atoms with Gasteiger partial charge in [-0.15, -0.1) is 0 Å². The van der Waals surface area contributed by atoms with Crippen molar-refractivity contribution in [2.24, 2.45) is 0 Å². The van der Waals surface area contributed by atoms with Crippen LogP contribution in [-0.4, -0.2) is 118 Å². The molecule has 3 aromatic rings. The Morgan fingerprint density at radius 3 is 1.90 bits per heavy atom. The van der Waals surface area contributed by atoms with Gasteiger partial charge in [0.25, 0.3) is 0 Å². The van der Waals surface area contributed by atoms with Crippen LogP contribution in [0.4, 0.5) is 0 Å². The Balaban J connectivity index is 1.30. The smallest absolute Gasteiger partial charge is 0.331 e. The van der Waals surface area contributed by atoms with E-state index in [-0.39, 0.29) is 19.3 Å². The third-order valence-electron chi connectivity index (χ3n) is 11.1. The van der Waals surface area contributed by atoms with Crippen LogP contribution in [0.15, 0.2) is 54.6 Å². The van der Waals surface area contributed by atoms with Crippen LogP contribution in [0.25, 0.3) is 0 Å². The zero-order valence-electron chi connectivity index (χ0n) is 36.6. The standard InChI is InChI=1S/C46H65N2O11/c1-10-11-12-22-47(32-35-16-18-39(52-4)46(57-9)45(35)56-8)23-13-26-58-43(49)19-20-44(50)59-27-14-24-48(2)25-21-34-30-41(54-6)42(55-7)31-36(34)37(48)28-33-15-17-38(51-3)40(29-33)53-5/h15-20,29-31,37H,10-14,21-28,32H2,1-9H3/q+1/b20-19-/t37-,48-/m1/s1. The van der Waals surface area contributed by atoms with Gasteiger partial charge in [-0.3, -0.25) is 4.90 Å². The molecule has 0 unspecified atom stereocenters. The zero-order chi connectivity index (χ0) is 42.8. The van der Waals surface area contributed by atoms with Crippen molar-refractivity contribution in [3.05, 3.63) is 76.9 Å². The number of hydrogen-bond acceptors (Lipinski definition) is 12. The van der Waals surface area contributed by atoms with Gasteiger partial charge in [0.15, 0.2) is 34.5 Å². The molecule has 0 fully saturated rings. The lowest BCUT2D eigenvalue weighted by Gasteiger charge is -2.46. The van der Waals surface area contributed by atoms with E-state index in [2.05, 4.69) is 37.1 Å². The molecule has 0 saturated carbocycles. The second-order valence-electron chi connectivity index (χ2n) is 14.8. The Morgan fingerprint density at radius 2 is 1.27 bits per heavy atom. The Kier molecular flexibility index (Phi) is 18.5. The number of ether oxygens (including phenoxy) is 9. The molecule has 13 heteroatoms. The second kappa shape index (κ2) is 23.5. The average molecular weight is 822 g/mol. The molecular weight excluding hydrogens is 757 g/mol. The van der Waals surface area contributed by atoms with Gasteiger partial charge >= 0.3 is 11.9 Å². The predicted molar refractivity (Wildman–Crippen MR) is 226 cm³/mol. The summed E-state index contributed by atoms with van der Waals surface area (Å²) >= 11 is 0. The lowest BCUT2D eigenvalue weighted by Crippen LogP contribution is -2.52. The average Bonchev–Trinajstić information content (AvgIpc) is 3.25. The summed E-state index contributed by atoms with van der Waals surface area (Å²) in [6.45, 7) is 6.50. The number of esters is 2. The van der Waals surface area contributed by atoms with E-state index < -0.39 is 11.9 Å². The first-order chi connectivity index (χ1) is 28.6. The summed E-state index contributed by atoms with van der Waals surface area (Å²) < 4.78 is 50.9. The maximum absolute atomic E-state index is 12.6. The first kappa shape index (κ1) is 46.5. The summed E-state index contributed by atoms with van der Waals surface area (Å²) in [5.74, 6) is 3.39. The van der Waals surface area contributed by atoms with Gasteiger partial charge in [-0.05, 0) is 60.8 Å². The van der Waals surface area contributed by atoms with E-state index in [0.717, 1.165) is 79.5 Å². The molecular formula is C46H65N2O11+. The molecule has 0 amide bonds. The molecule has 2 atom stereocenters. The summed E-state index contributed by atoms with van der Waals surface area (Å²) in [5.41, 5.74) is 4.52. The number of hydrogen-bond donors (Lipinski definition) is 0. The second-order valence-corrected chi connectivity index (χ2v) is 14.8. The summed E-state index contributed by atoms with van der Waals surface area (Å²) in [7, 11) is 13.6. The van der Waals surface area contributed by atoms with Crippen LogP contribution in [0.2, 0.25) is 0 Å². The fourth-order valence-corrected chi connectivity index (χ4v) is 7.84. The maximum atomic E-state index is 12.6. The van der Waals surface area contributed by atoms with Crippen molar-refractivity contribution < 1.29 is 56.7 Å². The highest BCUT2D eigenvalue weighted by molar-refractivity contribution is 5.91. The first-order valence-electron chi connectivity index (χ1n) is 20.4. The van der Waals surface area contributed by atoms with Crippen molar-refractivity contribution in [3.8, 4) is 40.2 Å². The SMILES string of the molecule is CCCCCN(CCCOC(=O)/C=C\C(=O)OCCC[N@+]1(C)CCc2cc(OC)c(OC)cc2[C@H]1Cc1ccc(OC)c(OC)c1)Cc1ccc(OC)c(OC)c1OC. The van der Waals surface area contributed by atoms with Gasteiger partial charge in [-0.1, -0.05) is 31.9 Å². The number of benzene rings is 3. The van der Waals surface area contributed by atoms with E-state index in [4.69, 9.17) is 42.6 Å². The minimum absolute atomic E-state index is 0.0826. The summed E-state index contributed by atoms with van der Waals surface area (Å²) in [4.78, 5) is 27.5. The first-order valence-corrected chi connectivity index (χ1v) is 20.4. The molecule has 0 saturated heterocycles. The molecule has 1 aliphatic heterocycles. The van der Waals surface area contributed by atoms with Crippen molar-refractivity contribution in [3.63, 3.8) is 0 Å². The lowest BCUT2D eigenvalue weighted by molar-refractivity contribution is -0.941. The molecule has 0 aliphatic carbocycles. The molecule has 0 radical (unpaired) electrons. The number of rotatable bonds is 25. The van der Waals surface area contributed by atoms with Crippen molar-refractivity contribution in [2.75, 3.05) is 96.2 Å². The monoisotopic (exact) mass is 821 g/mol. The fourth-order valence-electron chi connectivity index (χ4n) is 7.84. The third kappa shape index (κ3) is 12.7. The summed E-state index contributed by atoms with van der Waals surface area (Å²) in [5, 5.41) is 0. The quantitative estimate of drug-likeness (QED) is 0.0374. The van der Waals surface area contributed by atoms with E-state index in [1.54, 1.807) is 49.8 Å². The number of unbranched alkanes of at least 4 members (excludes halogenated alkanes) is 2. The molecule has 0 aromatic heterocycles. The van der Waals surface area contributed by atoms with Crippen molar-refractivity contribution in [1.29, 1.82) is 0 Å². The van der Waals surface area contributed by atoms with Crippen molar-refractivity contribution in [1.82, 2.24) is 4.90 Å². The Bertz CT molecular complexity index is 1850. The number of methoxy groups -OCH3 is 7. The molecule has 324 valence electrons. The van der Waals surface area contributed by atoms with Gasteiger partial charge < -0.3 is 47.1 Å². The van der Waals surface area contributed by atoms with Gasteiger partial charge in [0, 0.05) is 55.6 Å². The number of likely N-dealkylation sites (N-methyl/N-ethyl adjacent to an activating group) is 1. The topological polar surface area (TPSA) is 120 Å². The van der Waals surface area contributed by atoms with Gasteiger partial charge in [-0.25, -0.2) is 9.59 Å². The number of carbonyl (C=O) groups is 2. The zero-order valence-corrected chi connectivity index (χ0v) is 36.6. The van der Waals surface area contributed by atoms with Crippen LogP contribution < -0.4 is 33.2 Å². The van der Waals surface area contributed by atoms with E-state index in [1.807, 2.05) is 24.3 Å². The van der Waals surface area contributed by atoms with E-state index in [1.165, 1.54) is 11.1 Å². The van der Waals surface area contributed by atoms with Crippen LogP contribution in [0.1, 0.15) is 67.3 Å². The summed E-state index contributed by atoms with van der Waals surface area (Å²) in [6.07, 6.45) is 8.42. The minimum atomic E-state index is -0.587. The highest BCUT2D eigenvalue weighted by atomic mass is 16.5. The highest BCUT2D eigenvalue weighted by Crippen LogP contribution is 2.43. The normalized spacial score (nSPS) is 16.0. The fraction of sp³-hybridized carbons (Fsp3) is 0.522. The molecule has 1 aliphatic rings. The molecule has 0 bridgehead atoms. The van der Waals surface area contributed by atoms with E-state index in [0.29, 0.717) is 66.2 Å². The molecule has 4 rings (SSSR count). The Hall–Kier alpha value is -5.14. The Labute approximate surface area is 350 Å². The van der Waals surface area contributed by atoms with Gasteiger partial charge in [0.05, 0.1) is 83.1 Å². The third-order valence-corrected chi connectivity index (χ3v) is 11.1. The number of nitrogens with zero attached hydrogens (tertiary/aromatic N) is 2. The van der Waals surface area contributed by atoms with Crippen LogP contribution in [0.5, 0.6) is 40.2 Å². The summed E-state index contributed by atoms with van der Waals surface area (Å²) in [6, 6.07) is 14.2. The minimum Gasteiger partial charge on any atom is -0.493 e. The number of fused-ring (bicyclic) bond motifs is 1. The van der Waals surface area contributed by atoms with Crippen molar-refractivity contribution >= 4 is 11.9 Å². The van der Waals surface area contributed by atoms with Gasteiger partial charge in [0.1, 0.15) is 6.04 Å². The largest absolute Gasteiger partial charge is 0.493 e. The van der Waals surface area contributed by atoms with Crippen molar-refractivity contribution in [2.45, 2.75) is 64.5 Å². The Morgan fingerprint density at radius 1 is 0.678 bits per heavy atom. The molecule has 3 aromatic carbocycles. The highest BCUT2D eigenvalue weighted by Gasteiger charge is 2.40. The molecule has 0 spiro atoms. The van der Waals surface area contributed by atoms with Crippen LogP contribution >= 0.6 is 0 Å². The molecule has 13 nitrogen and oxygen atoms in total. The van der Waals surface area contributed by atoms with E-state index in [9.17, 15) is 9.59 Å². The van der Waals surface area contributed by atoms with Crippen LogP contribution in [0.3, 0.4) is 0 Å². The van der Waals surface area contributed by atoms with E-state index >= 15 is 0 Å². The number of carbonyl (C=O) groups excluding carboxylic acids is 2. The van der Waals surface area contributed by atoms with Crippen LogP contribution in [-0.2, 0) is 38.4 Å². The lowest BCUT2D eigenvalue weighted by atomic mass is 9.86. The molecule has 1 heterocycles. The molecule has 0 N–H and O–H groups in total. The predicted octanol–water partition coefficient (Wildman–Crippen LogP) is 7.15. The van der Waals surface area contributed by atoms with Gasteiger partial charge in [-0.2, -0.15) is 0 Å². The molecule has 59 heavy (non-hydrogen) atoms. The van der Waals surface area contributed by atoms with Gasteiger partial charge in [0.2, 0.25) is 5.75 Å². The van der Waals surface area contributed by atoms with Crippen LogP contribution in [0, 0.1) is 0 Å². The maximum Gasteiger partial charge on any atom is 0.331 e. The number of quaternary nitrogens is 1.